The Hall–Kier alpha value is -0.350. The third-order valence-corrected chi connectivity index (χ3v) is 3.72. The lowest BCUT2D eigenvalue weighted by Gasteiger charge is -2.33. The first-order chi connectivity index (χ1) is 7.71. The van der Waals surface area contributed by atoms with E-state index in [2.05, 4.69) is 4.98 Å². The number of hydrogen-bond donors (Lipinski definition) is 0. The fourth-order valence-electron chi connectivity index (χ4n) is 2.39. The Morgan fingerprint density at radius 2 is 2.19 bits per heavy atom. The molecule has 3 nitrogen and oxygen atoms in total. The highest BCUT2D eigenvalue weighted by molar-refractivity contribution is 6.34. The zero-order chi connectivity index (χ0) is 11.2. The summed E-state index contributed by atoms with van der Waals surface area (Å²) in [6.45, 7) is 1.91. The fraction of sp³-hybridized carbons (Fsp3) is 0.545. The number of pyridine rings is 1. The normalized spacial score (nSPS) is 28.4. The lowest BCUT2D eigenvalue weighted by molar-refractivity contribution is -0.0664. The van der Waals surface area contributed by atoms with Gasteiger partial charge in [0.1, 0.15) is 10.8 Å². The topological polar surface area (TPSA) is 31.4 Å². The van der Waals surface area contributed by atoms with Crippen molar-refractivity contribution >= 4 is 23.2 Å². The number of ether oxygens (including phenoxy) is 2. The van der Waals surface area contributed by atoms with Crippen LogP contribution in [0.5, 0.6) is 0 Å². The van der Waals surface area contributed by atoms with E-state index in [0.29, 0.717) is 30.0 Å². The van der Waals surface area contributed by atoms with Crippen LogP contribution in [0, 0.1) is 0 Å². The molecule has 3 rings (SSSR count). The first kappa shape index (κ1) is 10.8. The molecular weight excluding hydrogens is 249 g/mol. The standard InChI is InChI=1S/C11H11Cl2NO2/c12-8-5-9(13)14-10-7(8)1-3-16-11(10)2-4-15-6-11/h5H,1-4,6H2. The van der Waals surface area contributed by atoms with Crippen LogP contribution >= 0.6 is 23.2 Å². The molecule has 0 aromatic carbocycles. The van der Waals surface area contributed by atoms with Crippen LogP contribution in [0.4, 0.5) is 0 Å². The summed E-state index contributed by atoms with van der Waals surface area (Å²) >= 11 is 12.1. The van der Waals surface area contributed by atoms with Gasteiger partial charge in [0.2, 0.25) is 0 Å². The number of halogens is 2. The molecule has 86 valence electrons. The molecule has 3 heterocycles. The lowest BCUT2D eigenvalue weighted by atomic mass is 9.90. The zero-order valence-electron chi connectivity index (χ0n) is 8.63. The quantitative estimate of drug-likeness (QED) is 0.672. The predicted molar refractivity (Wildman–Crippen MR) is 61.0 cm³/mol. The first-order valence-corrected chi connectivity index (χ1v) is 6.04. The summed E-state index contributed by atoms with van der Waals surface area (Å²) in [5.41, 5.74) is 1.51. The maximum Gasteiger partial charge on any atom is 0.136 e. The van der Waals surface area contributed by atoms with Crippen LogP contribution in [-0.4, -0.2) is 24.8 Å². The summed E-state index contributed by atoms with van der Waals surface area (Å²) in [6.07, 6.45) is 1.61. The van der Waals surface area contributed by atoms with Crippen molar-refractivity contribution in [2.24, 2.45) is 0 Å². The average Bonchev–Trinajstić information content (AvgIpc) is 2.69. The zero-order valence-corrected chi connectivity index (χ0v) is 10.1. The first-order valence-electron chi connectivity index (χ1n) is 5.28. The summed E-state index contributed by atoms with van der Waals surface area (Å²) in [4.78, 5) is 4.39. The second-order valence-electron chi connectivity index (χ2n) is 4.15. The van der Waals surface area contributed by atoms with Gasteiger partial charge in [0.25, 0.3) is 0 Å². The third-order valence-electron chi connectivity index (χ3n) is 3.19. The van der Waals surface area contributed by atoms with Gasteiger partial charge in [0, 0.05) is 18.1 Å². The van der Waals surface area contributed by atoms with Gasteiger partial charge in [-0.05, 0) is 18.1 Å². The highest BCUT2D eigenvalue weighted by Gasteiger charge is 2.43. The van der Waals surface area contributed by atoms with Crippen LogP contribution in [0.25, 0.3) is 0 Å². The Morgan fingerprint density at radius 3 is 2.94 bits per heavy atom. The second-order valence-corrected chi connectivity index (χ2v) is 4.94. The molecule has 2 aliphatic rings. The molecule has 0 radical (unpaired) electrons. The van der Waals surface area contributed by atoms with E-state index in [1.165, 1.54) is 0 Å². The van der Waals surface area contributed by atoms with Gasteiger partial charge >= 0.3 is 0 Å². The second kappa shape index (κ2) is 3.84. The fourth-order valence-corrected chi connectivity index (χ4v) is 2.93. The minimum Gasteiger partial charge on any atom is -0.378 e. The van der Waals surface area contributed by atoms with E-state index in [1.807, 2.05) is 0 Å². The number of hydrogen-bond acceptors (Lipinski definition) is 3. The van der Waals surface area contributed by atoms with Crippen molar-refractivity contribution in [2.45, 2.75) is 18.4 Å². The van der Waals surface area contributed by atoms with Gasteiger partial charge in [-0.25, -0.2) is 4.98 Å². The maximum atomic E-state index is 6.19. The molecule has 1 fully saturated rings. The van der Waals surface area contributed by atoms with Crippen molar-refractivity contribution in [1.82, 2.24) is 4.98 Å². The highest BCUT2D eigenvalue weighted by atomic mass is 35.5. The van der Waals surface area contributed by atoms with Gasteiger partial charge in [0.05, 0.1) is 18.9 Å². The number of aromatic nitrogens is 1. The Kier molecular flexibility index (Phi) is 2.59. The summed E-state index contributed by atoms with van der Waals surface area (Å²) in [7, 11) is 0. The van der Waals surface area contributed by atoms with Crippen molar-refractivity contribution in [2.75, 3.05) is 19.8 Å². The molecule has 16 heavy (non-hydrogen) atoms. The Balaban J connectivity index is 2.17. The van der Waals surface area contributed by atoms with E-state index in [9.17, 15) is 0 Å². The van der Waals surface area contributed by atoms with Gasteiger partial charge in [-0.15, -0.1) is 0 Å². The van der Waals surface area contributed by atoms with E-state index >= 15 is 0 Å². The number of rotatable bonds is 0. The van der Waals surface area contributed by atoms with Crippen LogP contribution in [0.15, 0.2) is 6.07 Å². The molecule has 0 amide bonds. The summed E-state index contributed by atoms with van der Waals surface area (Å²) in [6, 6.07) is 1.69. The molecule has 1 spiro atoms. The van der Waals surface area contributed by atoms with E-state index in [1.54, 1.807) is 6.07 Å². The summed E-state index contributed by atoms with van der Waals surface area (Å²) in [5, 5.41) is 1.10. The predicted octanol–water partition coefficient (Wildman–Crippen LogP) is 2.58. The van der Waals surface area contributed by atoms with Gasteiger partial charge in [-0.1, -0.05) is 23.2 Å². The van der Waals surface area contributed by atoms with Crippen molar-refractivity contribution in [1.29, 1.82) is 0 Å². The van der Waals surface area contributed by atoms with Gasteiger partial charge in [-0.3, -0.25) is 0 Å². The molecule has 1 unspecified atom stereocenters. The highest BCUT2D eigenvalue weighted by Crippen LogP contribution is 2.41. The maximum absolute atomic E-state index is 6.19. The van der Waals surface area contributed by atoms with E-state index in [-0.39, 0.29) is 0 Å². The van der Waals surface area contributed by atoms with Crippen LogP contribution in [0.1, 0.15) is 17.7 Å². The van der Waals surface area contributed by atoms with Crippen molar-refractivity contribution < 1.29 is 9.47 Å². The molecule has 1 aromatic rings. The smallest absolute Gasteiger partial charge is 0.136 e. The third kappa shape index (κ3) is 1.54. The molecule has 0 bridgehead atoms. The van der Waals surface area contributed by atoms with E-state index in [0.717, 1.165) is 24.1 Å². The molecule has 2 aliphatic heterocycles. The Morgan fingerprint density at radius 1 is 1.31 bits per heavy atom. The van der Waals surface area contributed by atoms with E-state index in [4.69, 9.17) is 32.7 Å². The largest absolute Gasteiger partial charge is 0.378 e. The summed E-state index contributed by atoms with van der Waals surface area (Å²) in [5.74, 6) is 0. The lowest BCUT2D eigenvalue weighted by Crippen LogP contribution is -2.37. The van der Waals surface area contributed by atoms with Crippen LogP contribution in [0.3, 0.4) is 0 Å². The molecule has 5 heteroatoms. The van der Waals surface area contributed by atoms with Gasteiger partial charge in [0.15, 0.2) is 0 Å². The average molecular weight is 260 g/mol. The monoisotopic (exact) mass is 259 g/mol. The molecule has 1 saturated heterocycles. The van der Waals surface area contributed by atoms with Gasteiger partial charge in [-0.2, -0.15) is 0 Å². The van der Waals surface area contributed by atoms with Crippen LogP contribution in [0.2, 0.25) is 10.2 Å². The van der Waals surface area contributed by atoms with E-state index < -0.39 is 5.60 Å². The molecular formula is C11H11Cl2NO2. The van der Waals surface area contributed by atoms with Crippen LogP contribution < -0.4 is 0 Å². The number of fused-ring (bicyclic) bond motifs is 2. The molecule has 1 atom stereocenters. The minimum absolute atomic E-state index is 0.415. The minimum atomic E-state index is -0.415. The number of nitrogens with zero attached hydrogens (tertiary/aromatic N) is 1. The van der Waals surface area contributed by atoms with Crippen LogP contribution in [-0.2, 0) is 21.5 Å². The molecule has 0 saturated carbocycles. The SMILES string of the molecule is Clc1cc(Cl)c2c(n1)C1(CCOC1)OCC2. The molecule has 0 aliphatic carbocycles. The molecule has 1 aromatic heterocycles. The van der Waals surface area contributed by atoms with Crippen molar-refractivity contribution in [3.8, 4) is 0 Å². The Labute approximate surface area is 104 Å². The molecule has 0 N–H and O–H groups in total. The summed E-state index contributed by atoms with van der Waals surface area (Å²) < 4.78 is 11.3. The Bertz CT molecular complexity index is 430. The van der Waals surface area contributed by atoms with Crippen molar-refractivity contribution in [3.63, 3.8) is 0 Å². The van der Waals surface area contributed by atoms with Gasteiger partial charge < -0.3 is 9.47 Å². The van der Waals surface area contributed by atoms with Crippen molar-refractivity contribution in [3.05, 3.63) is 27.5 Å².